The third-order valence-corrected chi connectivity index (χ3v) is 4.49. The van der Waals surface area contributed by atoms with Gasteiger partial charge in [-0.2, -0.15) is 5.10 Å². The predicted octanol–water partition coefficient (Wildman–Crippen LogP) is 4.34. The summed E-state index contributed by atoms with van der Waals surface area (Å²) in [5, 5.41) is 4.93. The van der Waals surface area contributed by atoms with Gasteiger partial charge in [0.05, 0.1) is 6.21 Å². The van der Waals surface area contributed by atoms with Gasteiger partial charge in [0.2, 0.25) is 0 Å². The number of carbonyl (C=O) groups is 1. The molecule has 0 bridgehead atoms. The Hall–Kier alpha value is -4.19. The Morgan fingerprint density at radius 3 is 2.55 bits per heavy atom. The Morgan fingerprint density at radius 1 is 0.903 bits per heavy atom. The summed E-state index contributed by atoms with van der Waals surface area (Å²) in [6, 6.07) is 26.8. The zero-order valence-corrected chi connectivity index (χ0v) is 16.8. The smallest absolute Gasteiger partial charge is 0.277 e. The number of hydrazone groups is 1. The molecule has 1 aromatic heterocycles. The lowest BCUT2D eigenvalue weighted by Gasteiger charge is -2.07. The normalized spacial score (nSPS) is 10.8. The zero-order chi connectivity index (χ0) is 21.3. The molecule has 4 aromatic rings. The number of fused-ring (bicyclic) bond motifs is 1. The number of nitrogens with zero attached hydrogens (tertiary/aromatic N) is 2. The fraction of sp³-hybridized carbons (Fsp3) is 0.0800. The number of rotatable bonds is 8. The number of aromatic nitrogens is 1. The van der Waals surface area contributed by atoms with Gasteiger partial charge in [-0.15, -0.1) is 0 Å². The van der Waals surface area contributed by atoms with E-state index in [1.54, 1.807) is 18.5 Å². The molecule has 0 fully saturated rings. The largest absolute Gasteiger partial charge is 0.489 e. The van der Waals surface area contributed by atoms with Crippen LogP contribution in [0.2, 0.25) is 0 Å². The van der Waals surface area contributed by atoms with Crippen molar-refractivity contribution in [2.45, 2.75) is 6.61 Å². The molecule has 0 radical (unpaired) electrons. The highest BCUT2D eigenvalue weighted by molar-refractivity contribution is 5.85. The van der Waals surface area contributed by atoms with Gasteiger partial charge in [-0.3, -0.25) is 9.78 Å². The average Bonchev–Trinajstić information content (AvgIpc) is 2.83. The predicted molar refractivity (Wildman–Crippen MR) is 120 cm³/mol. The first-order valence-electron chi connectivity index (χ1n) is 9.83. The van der Waals surface area contributed by atoms with Crippen LogP contribution < -0.4 is 14.9 Å². The van der Waals surface area contributed by atoms with E-state index in [0.29, 0.717) is 12.4 Å². The molecule has 154 valence electrons. The van der Waals surface area contributed by atoms with Crippen LogP contribution >= 0.6 is 0 Å². The highest BCUT2D eigenvalue weighted by atomic mass is 16.5. The van der Waals surface area contributed by atoms with Crippen LogP contribution in [0, 0.1) is 0 Å². The summed E-state index contributed by atoms with van der Waals surface area (Å²) in [5.74, 6) is 0.970. The Kier molecular flexibility index (Phi) is 6.50. The lowest BCUT2D eigenvalue weighted by atomic mass is 10.2. The van der Waals surface area contributed by atoms with Crippen molar-refractivity contribution >= 4 is 23.0 Å². The van der Waals surface area contributed by atoms with Crippen LogP contribution in [0.1, 0.15) is 11.1 Å². The minimum absolute atomic E-state index is 0.153. The van der Waals surface area contributed by atoms with Gasteiger partial charge in [0.1, 0.15) is 23.6 Å². The number of nitrogens with one attached hydrogen (secondary N) is 1. The van der Waals surface area contributed by atoms with Crippen molar-refractivity contribution < 1.29 is 14.3 Å². The molecule has 0 aliphatic carbocycles. The molecule has 0 unspecified atom stereocenters. The molecule has 0 aliphatic heterocycles. The summed E-state index contributed by atoms with van der Waals surface area (Å²) in [7, 11) is 0. The van der Waals surface area contributed by atoms with E-state index in [9.17, 15) is 4.79 Å². The maximum absolute atomic E-state index is 12.0. The molecule has 6 heteroatoms. The van der Waals surface area contributed by atoms with Crippen LogP contribution in [0.5, 0.6) is 11.5 Å². The summed E-state index contributed by atoms with van der Waals surface area (Å²) in [6.45, 7) is 0.357. The maximum Gasteiger partial charge on any atom is 0.277 e. The number of para-hydroxylation sites is 1. The van der Waals surface area contributed by atoms with Crippen molar-refractivity contribution in [2.75, 3.05) is 6.61 Å². The Bertz CT molecular complexity index is 1170. The number of hydrogen-bond donors (Lipinski definition) is 1. The summed E-state index contributed by atoms with van der Waals surface area (Å²) >= 11 is 0. The van der Waals surface area contributed by atoms with E-state index in [1.807, 2.05) is 78.9 Å². The number of hydrogen-bond acceptors (Lipinski definition) is 5. The van der Waals surface area contributed by atoms with Crippen molar-refractivity contribution in [3.05, 3.63) is 102 Å². The molecule has 0 spiro atoms. The third-order valence-electron chi connectivity index (χ3n) is 4.49. The third kappa shape index (κ3) is 5.67. The van der Waals surface area contributed by atoms with Crippen molar-refractivity contribution in [3.63, 3.8) is 0 Å². The van der Waals surface area contributed by atoms with E-state index in [4.69, 9.17) is 9.47 Å². The number of benzene rings is 3. The topological polar surface area (TPSA) is 72.8 Å². The van der Waals surface area contributed by atoms with Gasteiger partial charge in [-0.1, -0.05) is 48.5 Å². The molecule has 0 saturated heterocycles. The number of ether oxygens (including phenoxy) is 2. The van der Waals surface area contributed by atoms with E-state index in [2.05, 4.69) is 15.5 Å². The minimum Gasteiger partial charge on any atom is -0.489 e. The van der Waals surface area contributed by atoms with E-state index in [1.165, 1.54) is 0 Å². The quantitative estimate of drug-likeness (QED) is 0.346. The Labute approximate surface area is 180 Å². The molecule has 0 saturated carbocycles. The molecular weight excluding hydrogens is 390 g/mol. The van der Waals surface area contributed by atoms with Gasteiger partial charge in [-0.05, 0) is 47.5 Å². The van der Waals surface area contributed by atoms with Gasteiger partial charge in [-0.25, -0.2) is 5.43 Å². The molecule has 31 heavy (non-hydrogen) atoms. The van der Waals surface area contributed by atoms with Gasteiger partial charge >= 0.3 is 0 Å². The molecule has 0 atom stereocenters. The summed E-state index contributed by atoms with van der Waals surface area (Å²) < 4.78 is 11.4. The number of pyridine rings is 1. The van der Waals surface area contributed by atoms with Gasteiger partial charge < -0.3 is 9.47 Å². The molecule has 3 aromatic carbocycles. The average molecular weight is 411 g/mol. The molecule has 1 amide bonds. The summed E-state index contributed by atoms with van der Waals surface area (Å²) in [4.78, 5) is 16.3. The van der Waals surface area contributed by atoms with Crippen LogP contribution in [0.4, 0.5) is 0 Å². The fourth-order valence-corrected chi connectivity index (χ4v) is 2.94. The summed E-state index contributed by atoms with van der Waals surface area (Å²) in [6.07, 6.45) is 3.26. The zero-order valence-electron chi connectivity index (χ0n) is 16.8. The van der Waals surface area contributed by atoms with E-state index >= 15 is 0 Å². The van der Waals surface area contributed by atoms with Crippen LogP contribution in [-0.2, 0) is 11.4 Å². The second-order valence-electron chi connectivity index (χ2n) is 6.76. The van der Waals surface area contributed by atoms with Crippen molar-refractivity contribution in [1.29, 1.82) is 0 Å². The van der Waals surface area contributed by atoms with Crippen LogP contribution in [-0.4, -0.2) is 23.7 Å². The lowest BCUT2D eigenvalue weighted by Crippen LogP contribution is -2.24. The van der Waals surface area contributed by atoms with Crippen LogP contribution in [0.3, 0.4) is 0 Å². The Balaban J connectivity index is 1.25. The van der Waals surface area contributed by atoms with Gasteiger partial charge in [0, 0.05) is 11.6 Å². The van der Waals surface area contributed by atoms with E-state index in [0.717, 1.165) is 27.8 Å². The van der Waals surface area contributed by atoms with E-state index in [-0.39, 0.29) is 12.5 Å². The van der Waals surface area contributed by atoms with Gasteiger partial charge in [0.15, 0.2) is 6.61 Å². The monoisotopic (exact) mass is 411 g/mol. The fourth-order valence-electron chi connectivity index (χ4n) is 2.94. The molecule has 1 heterocycles. The number of amides is 1. The van der Waals surface area contributed by atoms with E-state index < -0.39 is 0 Å². The molecule has 6 nitrogen and oxygen atoms in total. The van der Waals surface area contributed by atoms with Crippen LogP contribution in [0.25, 0.3) is 10.9 Å². The Morgan fingerprint density at radius 2 is 1.71 bits per heavy atom. The summed E-state index contributed by atoms with van der Waals surface area (Å²) in [5.41, 5.74) is 5.13. The molecule has 1 N–H and O–H groups in total. The first kappa shape index (κ1) is 20.1. The van der Waals surface area contributed by atoms with Crippen molar-refractivity contribution in [2.24, 2.45) is 5.10 Å². The highest BCUT2D eigenvalue weighted by Gasteiger charge is 2.06. The SMILES string of the molecule is O=C(COc1cccc2cccnc12)N/N=C\c1ccc(OCc2ccccc2)cc1. The standard InChI is InChI=1S/C25H21N3O3/c29-24(18-31-23-10-4-8-21-9-5-15-26-25(21)23)28-27-16-19-11-13-22(14-12-19)30-17-20-6-2-1-3-7-20/h1-16H,17-18H2,(H,28,29)/b27-16-. The first-order valence-corrected chi connectivity index (χ1v) is 9.83. The highest BCUT2D eigenvalue weighted by Crippen LogP contribution is 2.22. The number of carbonyl (C=O) groups excluding carboxylic acids is 1. The van der Waals surface area contributed by atoms with Crippen molar-refractivity contribution in [3.8, 4) is 11.5 Å². The second kappa shape index (κ2) is 10.0. The first-order chi connectivity index (χ1) is 15.3. The minimum atomic E-state index is -0.355. The molecular formula is C25H21N3O3. The van der Waals surface area contributed by atoms with Gasteiger partial charge in [0.25, 0.3) is 5.91 Å². The van der Waals surface area contributed by atoms with Crippen LogP contribution in [0.15, 0.2) is 96.2 Å². The second-order valence-corrected chi connectivity index (χ2v) is 6.76. The molecule has 4 rings (SSSR count). The lowest BCUT2D eigenvalue weighted by molar-refractivity contribution is -0.123. The maximum atomic E-state index is 12.0. The van der Waals surface area contributed by atoms with Crippen molar-refractivity contribution in [1.82, 2.24) is 10.4 Å². The molecule has 0 aliphatic rings.